The van der Waals surface area contributed by atoms with E-state index in [-0.39, 0.29) is 0 Å². The molecule has 0 aliphatic carbocycles. The Morgan fingerprint density at radius 3 is 1.23 bits per heavy atom. The first-order valence-electron chi connectivity index (χ1n) is 21.0. The SMILES string of the molecule is CCc1ccc(-n2c3ccccc3c3ccc(Oc4cccc(-c5cnc(-c6cccc(Oc7ccc8c9ccccc9n(-c9ccc(CC)cn9)c8c7)c6)cn5)c4)cc32)nc1. The van der Waals surface area contributed by atoms with E-state index >= 15 is 0 Å². The minimum atomic E-state index is 0.704. The van der Waals surface area contributed by atoms with Crippen LogP contribution in [0.3, 0.4) is 0 Å². The van der Waals surface area contributed by atoms with Crippen molar-refractivity contribution in [2.45, 2.75) is 26.7 Å². The van der Waals surface area contributed by atoms with Crippen LogP contribution in [-0.2, 0) is 12.8 Å². The summed E-state index contributed by atoms with van der Waals surface area (Å²) in [4.78, 5) is 19.3. The molecule has 298 valence electrons. The molecule has 0 amide bonds. The summed E-state index contributed by atoms with van der Waals surface area (Å²) in [5.41, 5.74) is 9.96. The predicted octanol–water partition coefficient (Wildman–Crippen LogP) is 13.5. The number of nitrogens with zero attached hydrogens (tertiary/aromatic N) is 6. The zero-order valence-electron chi connectivity index (χ0n) is 34.2. The summed E-state index contributed by atoms with van der Waals surface area (Å²) in [5, 5.41) is 4.62. The van der Waals surface area contributed by atoms with Gasteiger partial charge in [0.1, 0.15) is 34.6 Å². The van der Waals surface area contributed by atoms with Crippen molar-refractivity contribution < 1.29 is 9.47 Å². The molecule has 8 nitrogen and oxygen atoms in total. The van der Waals surface area contributed by atoms with Gasteiger partial charge in [0.25, 0.3) is 0 Å². The zero-order valence-corrected chi connectivity index (χ0v) is 34.2. The number of para-hydroxylation sites is 2. The molecule has 0 N–H and O–H groups in total. The van der Waals surface area contributed by atoms with Gasteiger partial charge >= 0.3 is 0 Å². The van der Waals surface area contributed by atoms with E-state index in [0.29, 0.717) is 11.5 Å². The Morgan fingerprint density at radius 1 is 0.371 bits per heavy atom. The maximum Gasteiger partial charge on any atom is 0.137 e. The molecule has 62 heavy (non-hydrogen) atoms. The van der Waals surface area contributed by atoms with Gasteiger partial charge in [0.2, 0.25) is 0 Å². The Balaban J connectivity index is 0.843. The fourth-order valence-electron chi connectivity index (χ4n) is 8.37. The number of hydrogen-bond acceptors (Lipinski definition) is 6. The maximum absolute atomic E-state index is 6.50. The van der Waals surface area contributed by atoms with Crippen molar-refractivity contribution in [3.63, 3.8) is 0 Å². The second kappa shape index (κ2) is 15.5. The molecule has 8 heteroatoms. The van der Waals surface area contributed by atoms with E-state index in [4.69, 9.17) is 29.4 Å². The van der Waals surface area contributed by atoms with Crippen LogP contribution in [0.2, 0.25) is 0 Å². The second-order valence-electron chi connectivity index (χ2n) is 15.4. The number of rotatable bonds is 10. The third-order valence-corrected chi connectivity index (χ3v) is 11.6. The standard InChI is InChI=1S/C54H40N6O2/c1-3-35-19-25-53(57-31-35)59-49-17-7-5-15-43(49)45-23-21-41(29-51(45)59)61-39-13-9-11-37(27-39)47-33-56-48(34-55-47)38-12-10-14-40(28-38)62-42-22-24-46-44-16-6-8-18-50(44)60(52(46)30-42)54-26-20-36(4-2)32-58-54/h5-34H,3-4H2,1-2H3. The lowest BCUT2D eigenvalue weighted by Crippen LogP contribution is -1.98. The molecule has 11 rings (SSSR count). The molecule has 0 fully saturated rings. The number of aromatic nitrogens is 6. The van der Waals surface area contributed by atoms with Crippen LogP contribution in [0, 0.1) is 0 Å². The van der Waals surface area contributed by atoms with Gasteiger partial charge in [0.15, 0.2) is 0 Å². The summed E-state index contributed by atoms with van der Waals surface area (Å²) in [5.74, 6) is 4.61. The third-order valence-electron chi connectivity index (χ3n) is 11.6. The number of ether oxygens (including phenoxy) is 2. The quantitative estimate of drug-likeness (QED) is 0.137. The van der Waals surface area contributed by atoms with Gasteiger partial charge in [-0.05, 0) is 96.8 Å². The number of hydrogen-bond donors (Lipinski definition) is 0. The first-order chi connectivity index (χ1) is 30.6. The summed E-state index contributed by atoms with van der Waals surface area (Å²) < 4.78 is 17.4. The molecule has 0 aliphatic heterocycles. The normalized spacial score (nSPS) is 11.5. The summed E-state index contributed by atoms with van der Waals surface area (Å²) in [6.45, 7) is 4.28. The van der Waals surface area contributed by atoms with Crippen molar-refractivity contribution >= 4 is 43.6 Å². The average Bonchev–Trinajstić information content (AvgIpc) is 3.84. The van der Waals surface area contributed by atoms with Gasteiger partial charge in [0, 0.05) is 57.2 Å². The number of aryl methyl sites for hydroxylation is 2. The Morgan fingerprint density at radius 2 is 0.806 bits per heavy atom. The highest BCUT2D eigenvalue weighted by molar-refractivity contribution is 6.10. The highest BCUT2D eigenvalue weighted by atomic mass is 16.5. The number of benzene rings is 6. The Kier molecular flexibility index (Phi) is 9.23. The molecular formula is C54H40N6O2. The third kappa shape index (κ3) is 6.68. The second-order valence-corrected chi connectivity index (χ2v) is 15.4. The van der Waals surface area contributed by atoms with E-state index in [1.807, 2.05) is 73.1 Å². The minimum absolute atomic E-state index is 0.704. The maximum atomic E-state index is 6.50. The molecule has 0 saturated heterocycles. The molecule has 6 aromatic carbocycles. The molecule has 0 spiro atoms. The van der Waals surface area contributed by atoms with Crippen LogP contribution >= 0.6 is 0 Å². The summed E-state index contributed by atoms with van der Waals surface area (Å²) in [6.07, 6.45) is 9.40. The monoisotopic (exact) mass is 804 g/mol. The van der Waals surface area contributed by atoms with Crippen LogP contribution in [0.1, 0.15) is 25.0 Å². The summed E-state index contributed by atoms with van der Waals surface area (Å²) >= 11 is 0. The van der Waals surface area contributed by atoms with E-state index in [1.54, 1.807) is 12.4 Å². The zero-order chi connectivity index (χ0) is 41.6. The Labute approximate surface area is 358 Å². The van der Waals surface area contributed by atoms with Crippen molar-refractivity contribution in [2.75, 3.05) is 0 Å². The average molecular weight is 805 g/mol. The van der Waals surface area contributed by atoms with Gasteiger partial charge in [-0.3, -0.25) is 19.1 Å². The molecule has 11 aromatic rings. The smallest absolute Gasteiger partial charge is 0.137 e. The van der Waals surface area contributed by atoms with Gasteiger partial charge in [-0.2, -0.15) is 0 Å². The predicted molar refractivity (Wildman–Crippen MR) is 249 cm³/mol. The highest BCUT2D eigenvalue weighted by Crippen LogP contribution is 2.37. The topological polar surface area (TPSA) is 79.9 Å². The molecule has 5 heterocycles. The molecular weight excluding hydrogens is 765 g/mol. The molecule has 0 radical (unpaired) electrons. The first kappa shape index (κ1) is 36.9. The largest absolute Gasteiger partial charge is 0.457 e. The molecule has 0 unspecified atom stereocenters. The minimum Gasteiger partial charge on any atom is -0.457 e. The summed E-state index contributed by atoms with van der Waals surface area (Å²) in [7, 11) is 0. The molecule has 0 saturated carbocycles. The number of pyridine rings is 2. The van der Waals surface area contributed by atoms with Crippen molar-refractivity contribution in [3.8, 4) is 57.1 Å². The van der Waals surface area contributed by atoms with Gasteiger partial charge in [-0.1, -0.05) is 86.6 Å². The van der Waals surface area contributed by atoms with Crippen molar-refractivity contribution in [1.82, 2.24) is 29.1 Å². The van der Waals surface area contributed by atoms with Gasteiger partial charge < -0.3 is 9.47 Å². The van der Waals surface area contributed by atoms with Gasteiger partial charge in [0.05, 0.1) is 45.8 Å². The van der Waals surface area contributed by atoms with E-state index in [2.05, 4.69) is 120 Å². The van der Waals surface area contributed by atoms with Crippen LogP contribution in [-0.4, -0.2) is 29.1 Å². The number of fused-ring (bicyclic) bond motifs is 6. The van der Waals surface area contributed by atoms with Crippen LogP contribution < -0.4 is 9.47 Å². The lowest BCUT2D eigenvalue weighted by molar-refractivity contribution is 0.483. The van der Waals surface area contributed by atoms with Crippen molar-refractivity contribution in [3.05, 3.63) is 194 Å². The lowest BCUT2D eigenvalue weighted by atomic mass is 10.1. The van der Waals surface area contributed by atoms with E-state index < -0.39 is 0 Å². The van der Waals surface area contributed by atoms with E-state index in [9.17, 15) is 0 Å². The molecule has 5 aromatic heterocycles. The van der Waals surface area contributed by atoms with Crippen LogP contribution in [0.5, 0.6) is 23.0 Å². The highest BCUT2D eigenvalue weighted by Gasteiger charge is 2.16. The Hall–Kier alpha value is -8.10. The lowest BCUT2D eigenvalue weighted by Gasteiger charge is -2.11. The van der Waals surface area contributed by atoms with E-state index in [0.717, 1.165) is 91.3 Å². The first-order valence-corrected chi connectivity index (χ1v) is 21.0. The molecule has 0 bridgehead atoms. The van der Waals surface area contributed by atoms with Crippen molar-refractivity contribution in [2.24, 2.45) is 0 Å². The van der Waals surface area contributed by atoms with Crippen LogP contribution in [0.15, 0.2) is 183 Å². The molecule has 0 atom stereocenters. The fourth-order valence-corrected chi connectivity index (χ4v) is 8.37. The van der Waals surface area contributed by atoms with Crippen molar-refractivity contribution in [1.29, 1.82) is 0 Å². The Bertz CT molecular complexity index is 3200. The molecule has 0 aliphatic rings. The van der Waals surface area contributed by atoms with Crippen LogP contribution in [0.4, 0.5) is 0 Å². The van der Waals surface area contributed by atoms with Gasteiger partial charge in [-0.15, -0.1) is 0 Å². The summed E-state index contributed by atoms with van der Waals surface area (Å²) in [6, 6.07) is 53.7. The van der Waals surface area contributed by atoms with E-state index in [1.165, 1.54) is 21.9 Å². The fraction of sp³-hybridized carbons (Fsp3) is 0.0741. The van der Waals surface area contributed by atoms with Gasteiger partial charge in [-0.25, -0.2) is 9.97 Å². The van der Waals surface area contributed by atoms with Crippen LogP contribution in [0.25, 0.3) is 77.8 Å².